The van der Waals surface area contributed by atoms with Crippen molar-refractivity contribution in [3.05, 3.63) is 17.4 Å². The zero-order chi connectivity index (χ0) is 14.2. The van der Waals surface area contributed by atoms with E-state index < -0.39 is 18.1 Å². The molecule has 1 aromatic heterocycles. The molecule has 0 saturated heterocycles. The van der Waals surface area contributed by atoms with Gasteiger partial charge >= 0.3 is 0 Å². The van der Waals surface area contributed by atoms with Crippen LogP contribution in [0.15, 0.2) is 17.5 Å². The number of carbonyl (C=O) groups is 1. The summed E-state index contributed by atoms with van der Waals surface area (Å²) in [5, 5.41) is 18.0. The monoisotopic (exact) mass is 292 g/mol. The second kappa shape index (κ2) is 4.86. The van der Waals surface area contributed by atoms with E-state index in [1.54, 1.807) is 0 Å². The highest BCUT2D eigenvalue weighted by Gasteiger charge is 2.50. The topological polar surface area (TPSA) is 70.7 Å². The highest BCUT2D eigenvalue weighted by molar-refractivity contribution is 6.30. The van der Waals surface area contributed by atoms with Crippen LogP contribution in [-0.4, -0.2) is 43.7 Å². The van der Waals surface area contributed by atoms with Gasteiger partial charge in [-0.2, -0.15) is 15.2 Å². The summed E-state index contributed by atoms with van der Waals surface area (Å²) in [7, 11) is 0. The van der Waals surface area contributed by atoms with Gasteiger partial charge in [0.05, 0.1) is 11.2 Å². The first-order valence-electron chi connectivity index (χ1n) is 5.38. The van der Waals surface area contributed by atoms with Crippen molar-refractivity contribution in [2.75, 3.05) is 0 Å². The van der Waals surface area contributed by atoms with Gasteiger partial charge in [-0.15, -0.1) is 0 Å². The van der Waals surface area contributed by atoms with Crippen LogP contribution in [0.1, 0.15) is 13.3 Å². The lowest BCUT2D eigenvalue weighted by atomic mass is 10.1. The van der Waals surface area contributed by atoms with E-state index in [4.69, 9.17) is 11.6 Å². The minimum Gasteiger partial charge on any atom is -0.364 e. The molecule has 19 heavy (non-hydrogen) atoms. The summed E-state index contributed by atoms with van der Waals surface area (Å²) in [6.45, 7) is 1.13. The molecule has 9 heteroatoms. The van der Waals surface area contributed by atoms with Gasteiger partial charge in [-0.05, 0) is 6.92 Å². The quantitative estimate of drug-likeness (QED) is 0.907. The van der Waals surface area contributed by atoms with Crippen molar-refractivity contribution in [1.82, 2.24) is 14.8 Å². The van der Waals surface area contributed by atoms with E-state index in [2.05, 4.69) is 10.2 Å². The second-order valence-electron chi connectivity index (χ2n) is 4.25. The standard InChI is InChI=1S/C10H11ClF2N4O2/c1-6-2-10(19,9(12)13)17(15-6)8(18)5-16-4-7(11)3-14-16/h3-4,9,19H,2,5H2,1H3/t10-/m0/s1. The van der Waals surface area contributed by atoms with Crippen LogP contribution in [0, 0.1) is 0 Å². The molecule has 0 unspecified atom stereocenters. The first-order valence-corrected chi connectivity index (χ1v) is 5.76. The molecule has 1 N–H and O–H groups in total. The molecule has 0 bridgehead atoms. The number of aliphatic hydroxyl groups is 1. The molecule has 1 aromatic rings. The molecule has 1 aliphatic rings. The van der Waals surface area contributed by atoms with Crippen molar-refractivity contribution in [3.63, 3.8) is 0 Å². The van der Waals surface area contributed by atoms with E-state index in [-0.39, 0.29) is 18.7 Å². The van der Waals surface area contributed by atoms with Crippen molar-refractivity contribution in [2.45, 2.75) is 32.0 Å². The van der Waals surface area contributed by atoms with E-state index in [9.17, 15) is 18.7 Å². The SMILES string of the molecule is CC1=NN(C(=O)Cn2cc(Cl)cn2)[C@@](O)(C(F)F)C1. The highest BCUT2D eigenvalue weighted by Crippen LogP contribution is 2.31. The van der Waals surface area contributed by atoms with Crippen LogP contribution in [0.5, 0.6) is 0 Å². The van der Waals surface area contributed by atoms with Crippen LogP contribution in [0.3, 0.4) is 0 Å². The van der Waals surface area contributed by atoms with Crippen LogP contribution in [-0.2, 0) is 11.3 Å². The maximum atomic E-state index is 12.9. The lowest BCUT2D eigenvalue weighted by molar-refractivity contribution is -0.192. The summed E-state index contributed by atoms with van der Waals surface area (Å²) in [4.78, 5) is 11.9. The van der Waals surface area contributed by atoms with Crippen molar-refractivity contribution in [1.29, 1.82) is 0 Å². The van der Waals surface area contributed by atoms with Crippen molar-refractivity contribution in [2.24, 2.45) is 5.10 Å². The molecule has 0 aromatic carbocycles. The predicted molar refractivity (Wildman–Crippen MR) is 62.8 cm³/mol. The number of hydrazone groups is 1. The van der Waals surface area contributed by atoms with Gasteiger partial charge in [0.15, 0.2) is 0 Å². The Morgan fingerprint density at radius 2 is 2.37 bits per heavy atom. The molecule has 0 fully saturated rings. The Hall–Kier alpha value is -1.54. The van der Waals surface area contributed by atoms with Crippen molar-refractivity contribution < 1.29 is 18.7 Å². The fourth-order valence-electron chi connectivity index (χ4n) is 1.82. The van der Waals surface area contributed by atoms with Gasteiger partial charge in [-0.1, -0.05) is 11.6 Å². The largest absolute Gasteiger partial charge is 0.364 e. The number of hydrogen-bond donors (Lipinski definition) is 1. The van der Waals surface area contributed by atoms with E-state index in [0.717, 1.165) is 0 Å². The molecule has 2 heterocycles. The first kappa shape index (κ1) is 13.9. The fourth-order valence-corrected chi connectivity index (χ4v) is 1.97. The number of hydrogen-bond acceptors (Lipinski definition) is 4. The summed E-state index contributed by atoms with van der Waals surface area (Å²) < 4.78 is 27.0. The van der Waals surface area contributed by atoms with E-state index >= 15 is 0 Å². The number of alkyl halides is 2. The third-order valence-corrected chi connectivity index (χ3v) is 2.83. The number of halogens is 3. The van der Waals surface area contributed by atoms with Crippen molar-refractivity contribution in [3.8, 4) is 0 Å². The minimum atomic E-state index is -3.11. The van der Waals surface area contributed by atoms with Crippen LogP contribution in [0.2, 0.25) is 5.02 Å². The molecule has 0 aliphatic carbocycles. The lowest BCUT2D eigenvalue weighted by Crippen LogP contribution is -2.52. The van der Waals surface area contributed by atoms with Crippen LogP contribution in [0.4, 0.5) is 8.78 Å². The molecule has 0 spiro atoms. The molecule has 1 amide bonds. The summed E-state index contributed by atoms with van der Waals surface area (Å²) >= 11 is 5.63. The molecule has 104 valence electrons. The second-order valence-corrected chi connectivity index (χ2v) is 4.69. The summed E-state index contributed by atoms with van der Waals surface area (Å²) in [5.41, 5.74) is -2.33. The average Bonchev–Trinajstić information content (AvgIpc) is 2.83. The van der Waals surface area contributed by atoms with Crippen LogP contribution >= 0.6 is 11.6 Å². The smallest absolute Gasteiger partial charge is 0.287 e. The summed E-state index contributed by atoms with van der Waals surface area (Å²) in [6, 6.07) is 0. The number of rotatable bonds is 3. The fraction of sp³-hybridized carbons (Fsp3) is 0.500. The Bertz CT molecular complexity index is 533. The van der Waals surface area contributed by atoms with E-state index in [1.165, 1.54) is 24.0 Å². The Morgan fingerprint density at radius 3 is 2.89 bits per heavy atom. The molecule has 6 nitrogen and oxygen atoms in total. The van der Waals surface area contributed by atoms with Gasteiger partial charge in [0.1, 0.15) is 6.54 Å². The van der Waals surface area contributed by atoms with Gasteiger partial charge in [0.2, 0.25) is 5.72 Å². The molecule has 0 radical (unpaired) electrons. The lowest BCUT2D eigenvalue weighted by Gasteiger charge is -2.29. The zero-order valence-corrected chi connectivity index (χ0v) is 10.7. The van der Waals surface area contributed by atoms with Gasteiger partial charge in [0, 0.05) is 18.3 Å². The number of aromatic nitrogens is 2. The Balaban J connectivity index is 2.17. The Kier molecular flexibility index (Phi) is 3.55. The van der Waals surface area contributed by atoms with E-state index in [1.807, 2.05) is 0 Å². The predicted octanol–water partition coefficient (Wildman–Crippen LogP) is 1.10. The van der Waals surface area contributed by atoms with Gasteiger partial charge < -0.3 is 5.11 Å². The van der Waals surface area contributed by atoms with Crippen LogP contribution < -0.4 is 0 Å². The van der Waals surface area contributed by atoms with Crippen molar-refractivity contribution >= 4 is 23.2 Å². The van der Waals surface area contributed by atoms with Gasteiger partial charge in [0.25, 0.3) is 12.3 Å². The third-order valence-electron chi connectivity index (χ3n) is 2.64. The average molecular weight is 293 g/mol. The Morgan fingerprint density at radius 1 is 1.68 bits per heavy atom. The minimum absolute atomic E-state index is 0.259. The third kappa shape index (κ3) is 2.59. The summed E-state index contributed by atoms with van der Waals surface area (Å²) in [5.74, 6) is -0.792. The molecule has 1 aliphatic heterocycles. The molecular weight excluding hydrogens is 282 g/mol. The molecule has 1 atom stereocenters. The number of nitrogens with zero attached hydrogens (tertiary/aromatic N) is 4. The highest BCUT2D eigenvalue weighted by atomic mass is 35.5. The van der Waals surface area contributed by atoms with Gasteiger partial charge in [-0.3, -0.25) is 9.48 Å². The Labute approximate surface area is 112 Å². The van der Waals surface area contributed by atoms with Gasteiger partial charge in [-0.25, -0.2) is 8.78 Å². The number of carbonyl (C=O) groups excluding carboxylic acids is 1. The maximum Gasteiger partial charge on any atom is 0.287 e. The maximum absolute atomic E-state index is 12.9. The summed E-state index contributed by atoms with van der Waals surface area (Å²) in [6.07, 6.45) is -0.810. The van der Waals surface area contributed by atoms with E-state index in [0.29, 0.717) is 10.0 Å². The number of amides is 1. The zero-order valence-electron chi connectivity index (χ0n) is 9.92. The first-order chi connectivity index (χ1) is 8.83. The normalized spacial score (nSPS) is 23.1. The molecular formula is C10H11ClF2N4O2. The molecule has 2 rings (SSSR count). The molecule has 0 saturated carbocycles. The van der Waals surface area contributed by atoms with Crippen LogP contribution in [0.25, 0.3) is 0 Å².